The van der Waals surface area contributed by atoms with E-state index in [1.54, 1.807) is 11.9 Å². The molecular formula is C27H43F3N4O4. The van der Waals surface area contributed by atoms with Crippen LogP contribution in [0.4, 0.5) is 18.0 Å². The van der Waals surface area contributed by atoms with Crippen LogP contribution in [0.1, 0.15) is 76.8 Å². The smallest absolute Gasteiger partial charge is 0.411 e. The Morgan fingerprint density at radius 3 is 2.55 bits per heavy atom. The third kappa shape index (κ3) is 9.89. The molecule has 1 fully saturated rings. The van der Waals surface area contributed by atoms with Crippen LogP contribution in [0.15, 0.2) is 12.3 Å². The fourth-order valence-corrected chi connectivity index (χ4v) is 4.61. The molecule has 1 aromatic rings. The number of carbonyl (C=O) groups excluding carboxylic acids is 1. The SMILES string of the molecule is CN(CCN(C)C(=O)OC(C)(C)C)Cc1cn(C2CCCCO2)nc1C1=CCC(COCC(F)(F)F)CC1. The Kier molecular flexibility index (Phi) is 10.7. The van der Waals surface area contributed by atoms with Gasteiger partial charge in [0.2, 0.25) is 0 Å². The molecule has 216 valence electrons. The van der Waals surface area contributed by atoms with E-state index in [0.717, 1.165) is 48.9 Å². The van der Waals surface area contributed by atoms with Crippen molar-refractivity contribution in [1.82, 2.24) is 19.6 Å². The summed E-state index contributed by atoms with van der Waals surface area (Å²) in [4.78, 5) is 16.0. The van der Waals surface area contributed by atoms with Crippen molar-refractivity contribution in [2.24, 2.45) is 5.92 Å². The molecule has 1 aliphatic carbocycles. The predicted octanol–water partition coefficient (Wildman–Crippen LogP) is 5.64. The summed E-state index contributed by atoms with van der Waals surface area (Å²) in [5.74, 6) is 0.0689. The molecule has 2 unspecified atom stereocenters. The number of alkyl halides is 3. The first-order chi connectivity index (χ1) is 17.8. The van der Waals surface area contributed by atoms with E-state index in [-0.39, 0.29) is 24.8 Å². The van der Waals surface area contributed by atoms with Gasteiger partial charge in [0, 0.05) is 45.0 Å². The van der Waals surface area contributed by atoms with Crippen LogP contribution in [0, 0.1) is 5.92 Å². The first-order valence-corrected chi connectivity index (χ1v) is 13.5. The standard InChI is InChI=1S/C27H43F3N4O4/c1-26(2,3)38-25(35)33(5)14-13-32(4)16-22-17-34(23-8-6-7-15-37-23)31-24(22)21-11-9-20(10-12-21)18-36-19-27(28,29)30/h11,17,20,23H,6-10,12-16,18-19H2,1-5H3. The first kappa shape index (κ1) is 30.4. The highest BCUT2D eigenvalue weighted by molar-refractivity contribution is 5.67. The molecule has 1 saturated heterocycles. The van der Waals surface area contributed by atoms with E-state index in [0.29, 0.717) is 32.7 Å². The van der Waals surface area contributed by atoms with E-state index in [1.165, 1.54) is 0 Å². The number of allylic oxidation sites excluding steroid dienone is 2. The molecule has 0 saturated carbocycles. The highest BCUT2D eigenvalue weighted by Gasteiger charge is 2.29. The molecule has 1 aliphatic heterocycles. The Hall–Kier alpha value is -2.11. The van der Waals surface area contributed by atoms with Gasteiger partial charge in [-0.05, 0) is 77.8 Å². The summed E-state index contributed by atoms with van der Waals surface area (Å²) in [6, 6.07) is 0. The molecule has 0 bridgehead atoms. The maximum Gasteiger partial charge on any atom is 0.411 e. The Morgan fingerprint density at radius 1 is 1.18 bits per heavy atom. The first-order valence-electron chi connectivity index (χ1n) is 13.5. The second-order valence-corrected chi connectivity index (χ2v) is 11.4. The molecule has 8 nitrogen and oxygen atoms in total. The highest BCUT2D eigenvalue weighted by Crippen LogP contribution is 2.33. The number of nitrogens with zero attached hydrogens (tertiary/aromatic N) is 4. The van der Waals surface area contributed by atoms with Gasteiger partial charge in [0.1, 0.15) is 18.4 Å². The highest BCUT2D eigenvalue weighted by atomic mass is 19.4. The fourth-order valence-electron chi connectivity index (χ4n) is 4.61. The number of likely N-dealkylation sites (N-methyl/N-ethyl adjacent to an activating group) is 2. The predicted molar refractivity (Wildman–Crippen MR) is 138 cm³/mol. The van der Waals surface area contributed by atoms with Gasteiger partial charge in [-0.2, -0.15) is 18.3 Å². The Balaban J connectivity index is 1.65. The van der Waals surface area contributed by atoms with Crippen LogP contribution in [0.2, 0.25) is 0 Å². The van der Waals surface area contributed by atoms with Crippen molar-refractivity contribution in [2.75, 3.05) is 47.0 Å². The summed E-state index contributed by atoms with van der Waals surface area (Å²) in [7, 11) is 3.73. The van der Waals surface area contributed by atoms with Crippen molar-refractivity contribution in [1.29, 1.82) is 0 Å². The van der Waals surface area contributed by atoms with Crippen LogP contribution in [-0.4, -0.2) is 84.5 Å². The monoisotopic (exact) mass is 544 g/mol. The number of carbonyl (C=O) groups is 1. The second kappa shape index (κ2) is 13.3. The summed E-state index contributed by atoms with van der Waals surface area (Å²) < 4.78 is 55.5. The number of ether oxygens (including phenoxy) is 3. The van der Waals surface area contributed by atoms with Crippen molar-refractivity contribution < 1.29 is 32.2 Å². The lowest BCUT2D eigenvalue weighted by atomic mass is 9.88. The van der Waals surface area contributed by atoms with Gasteiger partial charge in [0.25, 0.3) is 0 Å². The van der Waals surface area contributed by atoms with Gasteiger partial charge < -0.3 is 24.0 Å². The molecular weight excluding hydrogens is 501 g/mol. The summed E-state index contributed by atoms with van der Waals surface area (Å²) in [6.45, 7) is 6.96. The maximum absolute atomic E-state index is 12.4. The van der Waals surface area contributed by atoms with E-state index in [1.807, 2.05) is 32.5 Å². The molecule has 0 aromatic carbocycles. The Bertz CT molecular complexity index is 936. The number of hydrogen-bond acceptors (Lipinski definition) is 6. The average Bonchev–Trinajstić information content (AvgIpc) is 3.25. The van der Waals surface area contributed by atoms with Gasteiger partial charge in [-0.15, -0.1) is 0 Å². The van der Waals surface area contributed by atoms with Crippen LogP contribution in [0.3, 0.4) is 0 Å². The van der Waals surface area contributed by atoms with Crippen LogP contribution >= 0.6 is 0 Å². The van der Waals surface area contributed by atoms with Gasteiger partial charge >= 0.3 is 12.3 Å². The number of amides is 1. The fraction of sp³-hybridized carbons (Fsp3) is 0.778. The molecule has 0 N–H and O–H groups in total. The van der Waals surface area contributed by atoms with Crippen molar-refractivity contribution in [3.63, 3.8) is 0 Å². The summed E-state index contributed by atoms with van der Waals surface area (Å²) in [5.41, 5.74) is 2.56. The van der Waals surface area contributed by atoms with Gasteiger partial charge in [0.15, 0.2) is 0 Å². The van der Waals surface area contributed by atoms with Crippen molar-refractivity contribution in [3.8, 4) is 0 Å². The van der Waals surface area contributed by atoms with Crippen LogP contribution in [0.5, 0.6) is 0 Å². The number of halogens is 3. The molecule has 1 amide bonds. The lowest BCUT2D eigenvalue weighted by Crippen LogP contribution is -2.38. The van der Waals surface area contributed by atoms with E-state index in [4.69, 9.17) is 19.3 Å². The molecule has 2 heterocycles. The molecule has 3 rings (SSSR count). The molecule has 11 heteroatoms. The van der Waals surface area contributed by atoms with Crippen LogP contribution in [0.25, 0.3) is 5.57 Å². The quantitative estimate of drug-likeness (QED) is 0.380. The zero-order chi connectivity index (χ0) is 27.9. The van der Waals surface area contributed by atoms with Crippen LogP contribution in [-0.2, 0) is 20.8 Å². The summed E-state index contributed by atoms with van der Waals surface area (Å²) in [6.07, 6.45) is 4.62. The second-order valence-electron chi connectivity index (χ2n) is 11.4. The Labute approximate surface area is 224 Å². The minimum atomic E-state index is -4.30. The van der Waals surface area contributed by atoms with E-state index >= 15 is 0 Å². The number of rotatable bonds is 10. The van der Waals surface area contributed by atoms with Crippen molar-refractivity contribution in [3.05, 3.63) is 23.5 Å². The minimum absolute atomic E-state index is 0.0689. The number of hydrogen-bond donors (Lipinski definition) is 0. The molecule has 2 aliphatic rings. The topological polar surface area (TPSA) is 69.1 Å². The molecule has 0 radical (unpaired) electrons. The molecule has 0 spiro atoms. The van der Waals surface area contributed by atoms with Crippen LogP contribution < -0.4 is 0 Å². The normalized spacial score (nSPS) is 20.9. The minimum Gasteiger partial charge on any atom is -0.444 e. The zero-order valence-corrected chi connectivity index (χ0v) is 23.4. The third-order valence-electron chi connectivity index (χ3n) is 6.66. The van der Waals surface area contributed by atoms with Crippen molar-refractivity contribution in [2.45, 2.75) is 83.8 Å². The lowest BCUT2D eigenvalue weighted by molar-refractivity contribution is -0.176. The van der Waals surface area contributed by atoms with E-state index < -0.39 is 18.4 Å². The molecule has 1 aromatic heterocycles. The molecule has 38 heavy (non-hydrogen) atoms. The van der Waals surface area contributed by atoms with E-state index in [9.17, 15) is 18.0 Å². The van der Waals surface area contributed by atoms with E-state index in [2.05, 4.69) is 17.2 Å². The van der Waals surface area contributed by atoms with Gasteiger partial charge in [-0.25, -0.2) is 9.48 Å². The third-order valence-corrected chi connectivity index (χ3v) is 6.66. The zero-order valence-electron chi connectivity index (χ0n) is 23.4. The average molecular weight is 545 g/mol. The van der Waals surface area contributed by atoms with Gasteiger partial charge in [-0.3, -0.25) is 0 Å². The van der Waals surface area contributed by atoms with Gasteiger partial charge in [-0.1, -0.05) is 6.08 Å². The molecule has 2 atom stereocenters. The van der Waals surface area contributed by atoms with Crippen molar-refractivity contribution >= 4 is 11.7 Å². The maximum atomic E-state index is 12.4. The Morgan fingerprint density at radius 2 is 1.95 bits per heavy atom. The summed E-state index contributed by atoms with van der Waals surface area (Å²) in [5, 5.41) is 4.93. The largest absolute Gasteiger partial charge is 0.444 e. The summed E-state index contributed by atoms with van der Waals surface area (Å²) >= 11 is 0. The lowest BCUT2D eigenvalue weighted by Gasteiger charge is -2.26. The van der Waals surface area contributed by atoms with Gasteiger partial charge in [0.05, 0.1) is 12.3 Å². The number of aromatic nitrogens is 2.